The molecule has 0 saturated heterocycles. The lowest BCUT2D eigenvalue weighted by Gasteiger charge is -2.09. The van der Waals surface area contributed by atoms with Gasteiger partial charge in [0.2, 0.25) is 0 Å². The van der Waals surface area contributed by atoms with Gasteiger partial charge >= 0.3 is 0 Å². The highest BCUT2D eigenvalue weighted by atomic mass is 35.5. The van der Waals surface area contributed by atoms with Crippen molar-refractivity contribution in [2.75, 3.05) is 0 Å². The van der Waals surface area contributed by atoms with E-state index in [-0.39, 0.29) is 11.4 Å². The molecule has 0 amide bonds. The zero-order chi connectivity index (χ0) is 12.4. The number of hydrogen-bond donors (Lipinski definition) is 1. The minimum Gasteiger partial charge on any atom is -0.386 e. The summed E-state index contributed by atoms with van der Waals surface area (Å²) in [5, 5.41) is 12.7. The van der Waals surface area contributed by atoms with Gasteiger partial charge in [-0.2, -0.15) is 0 Å². The Morgan fingerprint density at radius 3 is 2.94 bits per heavy atom. The number of rotatable bonds is 3. The van der Waals surface area contributed by atoms with Crippen molar-refractivity contribution in [3.8, 4) is 0 Å². The van der Waals surface area contributed by atoms with Gasteiger partial charge in [-0.25, -0.2) is 9.37 Å². The minimum absolute atomic E-state index is 0.0681. The molecule has 1 heterocycles. The molecule has 0 radical (unpaired) electrons. The molecule has 2 aromatic rings. The zero-order valence-electron chi connectivity index (χ0n) is 9.15. The van der Waals surface area contributed by atoms with E-state index in [9.17, 15) is 9.50 Å². The van der Waals surface area contributed by atoms with Crippen LogP contribution < -0.4 is 0 Å². The van der Waals surface area contributed by atoms with Crippen LogP contribution >= 0.6 is 22.9 Å². The maximum atomic E-state index is 13.2. The first kappa shape index (κ1) is 12.5. The van der Waals surface area contributed by atoms with E-state index in [0.717, 1.165) is 5.01 Å². The quantitative estimate of drug-likeness (QED) is 0.927. The van der Waals surface area contributed by atoms with E-state index < -0.39 is 11.9 Å². The number of aryl methyl sites for hydroxylation is 1. The Labute approximate surface area is 108 Å². The van der Waals surface area contributed by atoms with Crippen molar-refractivity contribution < 1.29 is 9.50 Å². The van der Waals surface area contributed by atoms with Crippen LogP contribution in [-0.4, -0.2) is 10.1 Å². The summed E-state index contributed by atoms with van der Waals surface area (Å²) in [5.74, 6) is -0.467. The van der Waals surface area contributed by atoms with Crippen LogP contribution in [0.2, 0.25) is 5.02 Å². The van der Waals surface area contributed by atoms with E-state index >= 15 is 0 Å². The molecule has 0 aliphatic carbocycles. The average molecular weight is 272 g/mol. The van der Waals surface area contributed by atoms with Crippen LogP contribution in [0.4, 0.5) is 4.39 Å². The number of nitrogens with zero attached hydrogens (tertiary/aromatic N) is 1. The SMILES string of the molecule is Cc1nc(C(O)Cc2cccc(F)c2Cl)cs1. The summed E-state index contributed by atoms with van der Waals surface area (Å²) in [4.78, 5) is 4.19. The molecule has 0 fully saturated rings. The van der Waals surface area contributed by atoms with E-state index in [2.05, 4.69) is 4.98 Å². The highest BCUT2D eigenvalue weighted by molar-refractivity contribution is 7.09. The molecule has 17 heavy (non-hydrogen) atoms. The van der Waals surface area contributed by atoms with Gasteiger partial charge in [-0.15, -0.1) is 11.3 Å². The summed E-state index contributed by atoms with van der Waals surface area (Å²) < 4.78 is 13.2. The van der Waals surface area contributed by atoms with Gasteiger partial charge < -0.3 is 5.11 Å². The molecule has 5 heteroatoms. The largest absolute Gasteiger partial charge is 0.386 e. The van der Waals surface area contributed by atoms with Gasteiger partial charge in [0.05, 0.1) is 15.7 Å². The lowest BCUT2D eigenvalue weighted by Crippen LogP contribution is -2.03. The molecule has 0 aliphatic heterocycles. The fourth-order valence-electron chi connectivity index (χ4n) is 1.55. The van der Waals surface area contributed by atoms with Gasteiger partial charge in [0.25, 0.3) is 0 Å². The summed E-state index contributed by atoms with van der Waals surface area (Å²) in [6.45, 7) is 1.87. The Balaban J connectivity index is 2.18. The molecule has 1 atom stereocenters. The van der Waals surface area contributed by atoms with E-state index in [1.54, 1.807) is 17.5 Å². The van der Waals surface area contributed by atoms with Crippen LogP contribution in [0, 0.1) is 12.7 Å². The molecular weight excluding hydrogens is 261 g/mol. The number of thiazole rings is 1. The molecule has 2 rings (SSSR count). The molecule has 2 nitrogen and oxygen atoms in total. The van der Waals surface area contributed by atoms with Crippen molar-refractivity contribution in [1.29, 1.82) is 0 Å². The zero-order valence-corrected chi connectivity index (χ0v) is 10.7. The molecule has 0 aliphatic rings. The second-order valence-corrected chi connectivity index (χ2v) is 5.16. The average Bonchev–Trinajstić information content (AvgIpc) is 2.72. The smallest absolute Gasteiger partial charge is 0.142 e. The number of hydrogen-bond acceptors (Lipinski definition) is 3. The Bertz CT molecular complexity index is 529. The maximum absolute atomic E-state index is 13.2. The van der Waals surface area contributed by atoms with Crippen molar-refractivity contribution in [3.05, 3.63) is 50.7 Å². The fraction of sp³-hybridized carbons (Fsp3) is 0.250. The standard InChI is InChI=1S/C12H11ClFNOS/c1-7-15-10(6-17-7)11(16)5-8-3-2-4-9(14)12(8)13/h2-4,6,11,16H,5H2,1H3. The number of benzene rings is 1. The third kappa shape index (κ3) is 2.83. The lowest BCUT2D eigenvalue weighted by molar-refractivity contribution is 0.174. The number of aliphatic hydroxyl groups is 1. The molecule has 0 spiro atoms. The van der Waals surface area contributed by atoms with Crippen molar-refractivity contribution in [3.63, 3.8) is 0 Å². The topological polar surface area (TPSA) is 33.1 Å². The molecule has 1 unspecified atom stereocenters. The predicted octanol–water partition coefficient (Wildman–Crippen LogP) is 3.52. The monoisotopic (exact) mass is 271 g/mol. The third-order valence-corrected chi connectivity index (χ3v) is 3.64. The third-order valence-electron chi connectivity index (χ3n) is 2.42. The Morgan fingerprint density at radius 2 is 2.29 bits per heavy atom. The molecular formula is C12H11ClFNOS. The van der Waals surface area contributed by atoms with E-state index in [1.165, 1.54) is 17.4 Å². The van der Waals surface area contributed by atoms with Gasteiger partial charge in [-0.1, -0.05) is 23.7 Å². The van der Waals surface area contributed by atoms with Crippen molar-refractivity contribution >= 4 is 22.9 Å². The van der Waals surface area contributed by atoms with Crippen LogP contribution in [0.1, 0.15) is 22.4 Å². The Morgan fingerprint density at radius 1 is 1.53 bits per heavy atom. The van der Waals surface area contributed by atoms with Crippen molar-refractivity contribution in [1.82, 2.24) is 4.98 Å². The molecule has 0 saturated carbocycles. The summed E-state index contributed by atoms with van der Waals surface area (Å²) in [6, 6.07) is 4.58. The predicted molar refractivity (Wildman–Crippen MR) is 66.9 cm³/mol. The van der Waals surface area contributed by atoms with Crippen LogP contribution in [0.15, 0.2) is 23.6 Å². The van der Waals surface area contributed by atoms with Gasteiger partial charge in [0.1, 0.15) is 11.9 Å². The van der Waals surface area contributed by atoms with Crippen LogP contribution in [0.25, 0.3) is 0 Å². The molecule has 0 bridgehead atoms. The maximum Gasteiger partial charge on any atom is 0.142 e. The normalized spacial score (nSPS) is 12.7. The van der Waals surface area contributed by atoms with Crippen molar-refractivity contribution in [2.45, 2.75) is 19.4 Å². The Kier molecular flexibility index (Phi) is 3.76. The Hall–Kier alpha value is -0.970. The van der Waals surface area contributed by atoms with Gasteiger partial charge in [-0.05, 0) is 18.6 Å². The highest BCUT2D eigenvalue weighted by Crippen LogP contribution is 2.26. The number of halogens is 2. The molecule has 1 aromatic heterocycles. The van der Waals surface area contributed by atoms with Crippen LogP contribution in [-0.2, 0) is 6.42 Å². The first-order valence-electron chi connectivity index (χ1n) is 5.11. The first-order valence-corrected chi connectivity index (χ1v) is 6.36. The van der Waals surface area contributed by atoms with E-state index in [4.69, 9.17) is 11.6 Å². The molecule has 1 N–H and O–H groups in total. The van der Waals surface area contributed by atoms with Crippen LogP contribution in [0.3, 0.4) is 0 Å². The number of aliphatic hydroxyl groups excluding tert-OH is 1. The van der Waals surface area contributed by atoms with Gasteiger partial charge in [-0.3, -0.25) is 0 Å². The summed E-state index contributed by atoms with van der Waals surface area (Å²) in [7, 11) is 0. The van der Waals surface area contributed by atoms with Gasteiger partial charge in [0, 0.05) is 11.8 Å². The van der Waals surface area contributed by atoms with E-state index in [1.807, 2.05) is 6.92 Å². The van der Waals surface area contributed by atoms with Crippen molar-refractivity contribution in [2.24, 2.45) is 0 Å². The molecule has 1 aromatic carbocycles. The lowest BCUT2D eigenvalue weighted by atomic mass is 10.1. The minimum atomic E-state index is -0.751. The first-order chi connectivity index (χ1) is 8.08. The number of aromatic nitrogens is 1. The van der Waals surface area contributed by atoms with Crippen LogP contribution in [0.5, 0.6) is 0 Å². The summed E-state index contributed by atoms with van der Waals surface area (Å²) >= 11 is 7.30. The summed E-state index contributed by atoms with van der Waals surface area (Å²) in [6.07, 6.45) is -0.487. The fourth-order valence-corrected chi connectivity index (χ4v) is 2.41. The second-order valence-electron chi connectivity index (χ2n) is 3.72. The highest BCUT2D eigenvalue weighted by Gasteiger charge is 2.14. The molecule has 90 valence electrons. The van der Waals surface area contributed by atoms with E-state index in [0.29, 0.717) is 11.3 Å². The summed E-state index contributed by atoms with van der Waals surface area (Å²) in [5.41, 5.74) is 1.19. The van der Waals surface area contributed by atoms with Gasteiger partial charge in [0.15, 0.2) is 0 Å². The second kappa shape index (κ2) is 5.12.